The van der Waals surface area contributed by atoms with E-state index < -0.39 is 0 Å². The molecule has 1 saturated carbocycles. The summed E-state index contributed by atoms with van der Waals surface area (Å²) in [5.74, 6) is -0.0614. The summed E-state index contributed by atoms with van der Waals surface area (Å²) in [5, 5.41) is 6.15. The molecule has 116 valence electrons. The minimum absolute atomic E-state index is 0.0614. The highest BCUT2D eigenvalue weighted by Gasteiger charge is 2.27. The predicted molar refractivity (Wildman–Crippen MR) is 87.6 cm³/mol. The summed E-state index contributed by atoms with van der Waals surface area (Å²) in [6.07, 6.45) is 2.64. The van der Waals surface area contributed by atoms with Crippen molar-refractivity contribution >= 4 is 17.3 Å². The number of carbonyl (C=O) groups excluding carboxylic acids is 1. The maximum absolute atomic E-state index is 11.8. The van der Waals surface area contributed by atoms with Crippen LogP contribution in [0.3, 0.4) is 0 Å². The van der Waals surface area contributed by atoms with Crippen molar-refractivity contribution in [2.45, 2.75) is 32.7 Å². The molecule has 1 aromatic rings. The number of amides is 1. The number of nitrogens with two attached hydrogens (primary N) is 1. The van der Waals surface area contributed by atoms with E-state index in [0.29, 0.717) is 17.8 Å². The standard InChI is InChI=1S/C16H26N4O/c1-3-18-16(21)12-5-8-14(17)15(11-12)19-9-10-20(4-2)13-6-7-13/h5,8,11,13,19H,3-4,6-7,9-10,17H2,1-2H3,(H,18,21). The molecule has 1 amide bonds. The van der Waals surface area contributed by atoms with E-state index in [9.17, 15) is 4.79 Å². The van der Waals surface area contributed by atoms with Crippen LogP contribution in [0.4, 0.5) is 11.4 Å². The summed E-state index contributed by atoms with van der Waals surface area (Å²) < 4.78 is 0. The second-order valence-electron chi connectivity index (χ2n) is 5.45. The monoisotopic (exact) mass is 290 g/mol. The highest BCUT2D eigenvalue weighted by Crippen LogP contribution is 2.26. The number of anilines is 2. The molecule has 0 unspecified atom stereocenters. The van der Waals surface area contributed by atoms with Gasteiger partial charge in [0.25, 0.3) is 5.91 Å². The molecule has 0 aliphatic heterocycles. The van der Waals surface area contributed by atoms with Gasteiger partial charge in [-0.1, -0.05) is 6.92 Å². The normalized spacial score (nSPS) is 14.2. The lowest BCUT2D eigenvalue weighted by molar-refractivity contribution is 0.0956. The Morgan fingerprint density at radius 1 is 1.38 bits per heavy atom. The third-order valence-corrected chi connectivity index (χ3v) is 3.84. The van der Waals surface area contributed by atoms with Gasteiger partial charge in [0.1, 0.15) is 0 Å². The summed E-state index contributed by atoms with van der Waals surface area (Å²) >= 11 is 0. The average Bonchev–Trinajstić information content (AvgIpc) is 3.30. The van der Waals surface area contributed by atoms with E-state index in [-0.39, 0.29) is 5.91 Å². The third kappa shape index (κ3) is 4.36. The van der Waals surface area contributed by atoms with Crippen LogP contribution in [0.5, 0.6) is 0 Å². The molecule has 1 fully saturated rings. The second kappa shape index (κ2) is 7.31. The largest absolute Gasteiger partial charge is 0.397 e. The SMILES string of the molecule is CCNC(=O)c1ccc(N)c(NCCN(CC)C2CC2)c1. The van der Waals surface area contributed by atoms with Crippen molar-refractivity contribution in [3.8, 4) is 0 Å². The first kappa shape index (κ1) is 15.6. The van der Waals surface area contributed by atoms with Gasteiger partial charge in [-0.2, -0.15) is 0 Å². The molecule has 0 aromatic heterocycles. The molecule has 1 aliphatic carbocycles. The van der Waals surface area contributed by atoms with Gasteiger partial charge < -0.3 is 16.4 Å². The summed E-state index contributed by atoms with van der Waals surface area (Å²) in [6, 6.07) is 6.14. The quantitative estimate of drug-likeness (QED) is 0.640. The number of likely N-dealkylation sites (N-methyl/N-ethyl adjacent to an activating group) is 1. The zero-order valence-electron chi connectivity index (χ0n) is 13.0. The van der Waals surface area contributed by atoms with Gasteiger partial charge in [0.2, 0.25) is 0 Å². The Bertz CT molecular complexity index is 485. The van der Waals surface area contributed by atoms with E-state index in [1.165, 1.54) is 12.8 Å². The lowest BCUT2D eigenvalue weighted by Crippen LogP contribution is -2.31. The van der Waals surface area contributed by atoms with Gasteiger partial charge in [-0.15, -0.1) is 0 Å². The molecule has 0 saturated heterocycles. The van der Waals surface area contributed by atoms with Gasteiger partial charge in [0.05, 0.1) is 11.4 Å². The summed E-state index contributed by atoms with van der Waals surface area (Å²) in [5.41, 5.74) is 8.14. The predicted octanol–water partition coefficient (Wildman–Crippen LogP) is 1.91. The second-order valence-corrected chi connectivity index (χ2v) is 5.45. The summed E-state index contributed by atoms with van der Waals surface area (Å²) in [6.45, 7) is 7.66. The molecule has 21 heavy (non-hydrogen) atoms. The number of rotatable bonds is 8. The van der Waals surface area contributed by atoms with Crippen molar-refractivity contribution in [1.29, 1.82) is 0 Å². The fourth-order valence-electron chi connectivity index (χ4n) is 2.49. The number of carbonyl (C=O) groups is 1. The van der Waals surface area contributed by atoms with Crippen LogP contribution in [0.2, 0.25) is 0 Å². The van der Waals surface area contributed by atoms with E-state index in [1.807, 2.05) is 13.0 Å². The lowest BCUT2D eigenvalue weighted by Gasteiger charge is -2.20. The Kier molecular flexibility index (Phi) is 5.44. The average molecular weight is 290 g/mol. The van der Waals surface area contributed by atoms with Crippen molar-refractivity contribution < 1.29 is 4.79 Å². The molecule has 1 aromatic carbocycles. The van der Waals surface area contributed by atoms with E-state index in [2.05, 4.69) is 22.5 Å². The Balaban J connectivity index is 1.92. The first-order valence-electron chi connectivity index (χ1n) is 7.81. The Morgan fingerprint density at radius 3 is 2.76 bits per heavy atom. The molecule has 5 heteroatoms. The first-order chi connectivity index (χ1) is 10.2. The van der Waals surface area contributed by atoms with Crippen LogP contribution >= 0.6 is 0 Å². The highest BCUT2D eigenvalue weighted by atomic mass is 16.1. The van der Waals surface area contributed by atoms with Gasteiger partial charge in [-0.05, 0) is 44.5 Å². The molecule has 0 bridgehead atoms. The van der Waals surface area contributed by atoms with Crippen LogP contribution in [-0.2, 0) is 0 Å². The Hall–Kier alpha value is -1.75. The smallest absolute Gasteiger partial charge is 0.251 e. The van der Waals surface area contributed by atoms with Crippen molar-refractivity contribution in [3.63, 3.8) is 0 Å². The first-order valence-corrected chi connectivity index (χ1v) is 7.81. The van der Waals surface area contributed by atoms with Crippen LogP contribution < -0.4 is 16.4 Å². The molecule has 0 radical (unpaired) electrons. The van der Waals surface area contributed by atoms with Crippen molar-refractivity contribution in [2.24, 2.45) is 0 Å². The lowest BCUT2D eigenvalue weighted by atomic mass is 10.1. The zero-order valence-corrected chi connectivity index (χ0v) is 13.0. The van der Waals surface area contributed by atoms with E-state index in [1.54, 1.807) is 12.1 Å². The number of benzene rings is 1. The van der Waals surface area contributed by atoms with Crippen LogP contribution in [0, 0.1) is 0 Å². The summed E-state index contributed by atoms with van der Waals surface area (Å²) in [4.78, 5) is 14.3. The molecular formula is C16H26N4O. The molecule has 0 atom stereocenters. The van der Waals surface area contributed by atoms with Gasteiger partial charge in [0.15, 0.2) is 0 Å². The van der Waals surface area contributed by atoms with Crippen LogP contribution in [0.25, 0.3) is 0 Å². The Labute approximate surface area is 126 Å². The highest BCUT2D eigenvalue weighted by molar-refractivity contribution is 5.96. The van der Waals surface area contributed by atoms with E-state index in [0.717, 1.165) is 31.4 Å². The van der Waals surface area contributed by atoms with E-state index >= 15 is 0 Å². The maximum Gasteiger partial charge on any atom is 0.251 e. The van der Waals surface area contributed by atoms with E-state index in [4.69, 9.17) is 5.73 Å². The van der Waals surface area contributed by atoms with Crippen molar-refractivity contribution in [3.05, 3.63) is 23.8 Å². The topological polar surface area (TPSA) is 70.4 Å². The minimum Gasteiger partial charge on any atom is -0.397 e. The molecule has 2 rings (SSSR count). The van der Waals surface area contributed by atoms with Crippen LogP contribution in [0.1, 0.15) is 37.0 Å². The van der Waals surface area contributed by atoms with Crippen molar-refractivity contribution in [2.75, 3.05) is 37.2 Å². The van der Waals surface area contributed by atoms with Crippen LogP contribution in [0.15, 0.2) is 18.2 Å². The molecular weight excluding hydrogens is 264 g/mol. The number of nitrogen functional groups attached to an aromatic ring is 1. The number of nitrogens with one attached hydrogen (secondary N) is 2. The maximum atomic E-state index is 11.8. The number of hydrogen-bond donors (Lipinski definition) is 3. The number of nitrogens with zero attached hydrogens (tertiary/aromatic N) is 1. The third-order valence-electron chi connectivity index (χ3n) is 3.84. The van der Waals surface area contributed by atoms with Gasteiger partial charge in [0, 0.05) is 31.2 Å². The van der Waals surface area contributed by atoms with Crippen molar-refractivity contribution in [1.82, 2.24) is 10.2 Å². The molecule has 5 nitrogen and oxygen atoms in total. The molecule has 0 heterocycles. The minimum atomic E-state index is -0.0614. The fourth-order valence-corrected chi connectivity index (χ4v) is 2.49. The van der Waals surface area contributed by atoms with Gasteiger partial charge in [-0.3, -0.25) is 9.69 Å². The Morgan fingerprint density at radius 2 is 2.14 bits per heavy atom. The molecule has 0 spiro atoms. The summed E-state index contributed by atoms with van der Waals surface area (Å²) in [7, 11) is 0. The van der Waals surface area contributed by atoms with Crippen LogP contribution in [-0.4, -0.2) is 43.0 Å². The number of hydrogen-bond acceptors (Lipinski definition) is 4. The zero-order chi connectivity index (χ0) is 15.2. The fraction of sp³-hybridized carbons (Fsp3) is 0.562. The molecule has 1 aliphatic rings. The van der Waals surface area contributed by atoms with Gasteiger partial charge >= 0.3 is 0 Å². The molecule has 4 N–H and O–H groups in total. The van der Waals surface area contributed by atoms with Gasteiger partial charge in [-0.25, -0.2) is 0 Å².